The van der Waals surface area contributed by atoms with Crippen LogP contribution in [0.4, 0.5) is 28.4 Å². The number of rotatable bonds is 5. The van der Waals surface area contributed by atoms with Crippen LogP contribution in [0.5, 0.6) is 0 Å². The molecule has 0 aromatic heterocycles. The molecule has 0 fully saturated rings. The summed E-state index contributed by atoms with van der Waals surface area (Å²) in [4.78, 5) is 2.74. The SMILES string of the molecule is Cc1cccc(C)c1-c1cc(-c2cc3c(cc2Nc2ccc4c(c2)C(C)(C)CCC4(C)C)C(C)(C)c2cc4c(cc2-3)C(C)(C)CCC4(C)C)c2c(c1)N(c1ccc3c(c1)C(C)(C)CCC3(C)C)c1cc3c(cc1B2)C(C)(C)CCC3(C)C. The molecule has 0 saturated heterocycles. The lowest BCUT2D eigenvalue weighted by atomic mass is 9.55. The number of nitrogens with zero attached hydrogens (tertiary/aromatic N) is 1. The Morgan fingerprint density at radius 3 is 1.38 bits per heavy atom. The van der Waals surface area contributed by atoms with Gasteiger partial charge in [0, 0.05) is 39.4 Å². The Balaban J connectivity index is 1.14. The largest absolute Gasteiger partial charge is 0.355 e. The van der Waals surface area contributed by atoms with Crippen LogP contribution in [0.15, 0.2) is 103 Å². The molecule has 0 saturated carbocycles. The van der Waals surface area contributed by atoms with Gasteiger partial charge in [-0.25, -0.2) is 0 Å². The van der Waals surface area contributed by atoms with Crippen molar-refractivity contribution < 1.29 is 0 Å². The Hall–Kier alpha value is -5.80. The number of anilines is 5. The van der Waals surface area contributed by atoms with E-state index in [2.05, 4.69) is 252 Å². The summed E-state index contributed by atoms with van der Waals surface area (Å²) in [6.45, 7) is 49.3. The second kappa shape index (κ2) is 17.6. The number of hydrogen-bond donors (Lipinski definition) is 1. The monoisotopic (exact) mass is 1080 g/mol. The zero-order valence-electron chi connectivity index (χ0n) is 54.1. The molecule has 1 aliphatic heterocycles. The highest BCUT2D eigenvalue weighted by Crippen LogP contribution is 2.58. The van der Waals surface area contributed by atoms with E-state index in [1.54, 1.807) is 5.56 Å². The first kappa shape index (κ1) is 55.4. The minimum Gasteiger partial charge on any atom is -0.355 e. The molecule has 0 radical (unpaired) electrons. The summed E-state index contributed by atoms with van der Waals surface area (Å²) in [5, 5.41) is 4.31. The average Bonchev–Trinajstić information content (AvgIpc) is 1.58. The van der Waals surface area contributed by atoms with E-state index >= 15 is 0 Å². The van der Waals surface area contributed by atoms with Gasteiger partial charge in [-0.05, 0) is 269 Å². The zero-order chi connectivity index (χ0) is 58.6. The van der Waals surface area contributed by atoms with E-state index < -0.39 is 0 Å². The van der Waals surface area contributed by atoms with E-state index in [0.29, 0.717) is 0 Å². The highest BCUT2D eigenvalue weighted by atomic mass is 15.2. The first-order chi connectivity index (χ1) is 38.1. The second-order valence-corrected chi connectivity index (χ2v) is 33.0. The van der Waals surface area contributed by atoms with Crippen molar-refractivity contribution in [2.45, 2.75) is 239 Å². The summed E-state index contributed by atoms with van der Waals surface area (Å²) in [6.07, 6.45) is 9.50. The van der Waals surface area contributed by atoms with Crippen molar-refractivity contribution in [1.29, 1.82) is 0 Å². The van der Waals surface area contributed by atoms with Crippen molar-refractivity contribution in [1.82, 2.24) is 0 Å². The Labute approximate surface area is 496 Å². The Morgan fingerprint density at radius 2 is 0.817 bits per heavy atom. The van der Waals surface area contributed by atoms with Crippen LogP contribution in [-0.2, 0) is 48.7 Å². The standard InChI is InChI=1S/C79H95BN2/c1-46-22-21-23-47(2)69(46)48-36-54(70-68(37-48)82(50-25-27-56-60(39-50)74(9,10)31-29-72(56,5)6)67-45-64-63(43-65(67)80-70)77(15,16)34-35-78(64,17)18)53-40-51-52-41-61-62(76(13,14)33-32-75(61,11)12)42-57(52)79(19,20)58(51)44-66(53)81-49-24-26-55-59(38-49)73(7,8)30-28-71(55,3)4/h21-27,36-45,80-81H,28-35H2,1-20H3. The van der Waals surface area contributed by atoms with Gasteiger partial charge >= 0.3 is 0 Å². The minimum atomic E-state index is -0.210. The van der Waals surface area contributed by atoms with Gasteiger partial charge in [-0.3, -0.25) is 0 Å². The Bertz CT molecular complexity index is 3860. The van der Waals surface area contributed by atoms with Gasteiger partial charge in [0.25, 0.3) is 0 Å². The van der Waals surface area contributed by atoms with Crippen molar-refractivity contribution >= 4 is 46.6 Å². The summed E-state index contributed by atoms with van der Waals surface area (Å²) in [6, 6.07) is 43.0. The predicted molar refractivity (Wildman–Crippen MR) is 356 cm³/mol. The molecule has 6 aliphatic rings. The van der Waals surface area contributed by atoms with E-state index in [1.165, 1.54) is 185 Å². The van der Waals surface area contributed by atoms with Crippen LogP contribution in [0, 0.1) is 13.8 Å². The molecule has 0 amide bonds. The summed E-state index contributed by atoms with van der Waals surface area (Å²) in [5.41, 5.74) is 35.1. The third-order valence-electron chi connectivity index (χ3n) is 23.2. The number of hydrogen-bond acceptors (Lipinski definition) is 2. The smallest absolute Gasteiger partial charge is 0.198 e. The second-order valence-electron chi connectivity index (χ2n) is 33.0. The maximum atomic E-state index is 4.31. The third kappa shape index (κ3) is 8.35. The van der Waals surface area contributed by atoms with Crippen LogP contribution in [0.2, 0.25) is 0 Å². The maximum Gasteiger partial charge on any atom is 0.198 e. The lowest BCUT2D eigenvalue weighted by Crippen LogP contribution is -2.44. The molecule has 1 heterocycles. The molecule has 0 atom stereocenters. The van der Waals surface area contributed by atoms with Crippen molar-refractivity contribution in [2.24, 2.45) is 0 Å². The molecular formula is C79H95BN2. The van der Waals surface area contributed by atoms with Crippen molar-refractivity contribution in [3.63, 3.8) is 0 Å². The first-order valence-corrected chi connectivity index (χ1v) is 31.8. The topological polar surface area (TPSA) is 15.3 Å². The zero-order valence-corrected chi connectivity index (χ0v) is 54.1. The lowest BCUT2D eigenvalue weighted by molar-refractivity contribution is 0.331. The molecule has 0 bridgehead atoms. The average molecular weight is 1080 g/mol. The molecule has 7 aromatic carbocycles. The van der Waals surface area contributed by atoms with E-state index in [9.17, 15) is 0 Å². The minimum absolute atomic E-state index is 0.0520. The van der Waals surface area contributed by atoms with Gasteiger partial charge in [-0.15, -0.1) is 0 Å². The summed E-state index contributed by atoms with van der Waals surface area (Å²) in [5.74, 6) is 0. The molecule has 0 unspecified atom stereocenters. The van der Waals surface area contributed by atoms with Crippen molar-refractivity contribution in [3.8, 4) is 33.4 Å². The number of nitrogens with one attached hydrogen (secondary N) is 1. The molecule has 13 rings (SSSR count). The van der Waals surface area contributed by atoms with Gasteiger partial charge in [0.15, 0.2) is 7.28 Å². The fraction of sp³-hybridized carbons (Fsp3) is 0.468. The van der Waals surface area contributed by atoms with Crippen LogP contribution in [-0.4, -0.2) is 7.28 Å². The van der Waals surface area contributed by atoms with Gasteiger partial charge in [-0.2, -0.15) is 0 Å². The van der Waals surface area contributed by atoms with E-state index in [0.717, 1.165) is 7.28 Å². The Kier molecular flexibility index (Phi) is 11.9. The molecule has 1 N–H and O–H groups in total. The van der Waals surface area contributed by atoms with Gasteiger partial charge < -0.3 is 10.2 Å². The summed E-state index contributed by atoms with van der Waals surface area (Å²) < 4.78 is 0. The third-order valence-corrected chi connectivity index (χ3v) is 23.2. The molecule has 5 aliphatic carbocycles. The predicted octanol–water partition coefficient (Wildman–Crippen LogP) is 20.3. The highest BCUT2D eigenvalue weighted by Gasteiger charge is 2.46. The quantitative estimate of drug-likeness (QED) is 0.173. The molecule has 7 aromatic rings. The molecule has 424 valence electrons. The number of fused-ring (bicyclic) bond motifs is 9. The molecule has 3 heteroatoms. The normalized spacial score (nSPS) is 21.5. The summed E-state index contributed by atoms with van der Waals surface area (Å²) >= 11 is 0. The summed E-state index contributed by atoms with van der Waals surface area (Å²) in [7, 11) is 0.842. The van der Waals surface area contributed by atoms with E-state index in [1.807, 2.05) is 0 Å². The van der Waals surface area contributed by atoms with Gasteiger partial charge in [0.2, 0.25) is 0 Å². The molecule has 2 nitrogen and oxygen atoms in total. The van der Waals surface area contributed by atoms with Crippen molar-refractivity contribution in [3.05, 3.63) is 170 Å². The van der Waals surface area contributed by atoms with E-state index in [4.69, 9.17) is 0 Å². The van der Waals surface area contributed by atoms with Gasteiger partial charge in [0.1, 0.15) is 0 Å². The fourth-order valence-electron chi connectivity index (χ4n) is 17.0. The molecule has 82 heavy (non-hydrogen) atoms. The van der Waals surface area contributed by atoms with Crippen LogP contribution < -0.4 is 21.1 Å². The van der Waals surface area contributed by atoms with Crippen LogP contribution in [0.25, 0.3) is 33.4 Å². The van der Waals surface area contributed by atoms with Crippen LogP contribution in [0.1, 0.15) is 243 Å². The fourth-order valence-corrected chi connectivity index (χ4v) is 17.0. The van der Waals surface area contributed by atoms with E-state index in [-0.39, 0.29) is 48.7 Å². The molecule has 0 spiro atoms. The first-order valence-electron chi connectivity index (χ1n) is 31.8. The van der Waals surface area contributed by atoms with Gasteiger partial charge in [-0.1, -0.05) is 173 Å². The van der Waals surface area contributed by atoms with Crippen molar-refractivity contribution in [2.75, 3.05) is 10.2 Å². The molecular weight excluding hydrogens is 988 g/mol. The van der Waals surface area contributed by atoms with Crippen LogP contribution >= 0.6 is 0 Å². The van der Waals surface area contributed by atoms with Gasteiger partial charge in [0.05, 0.1) is 0 Å². The highest BCUT2D eigenvalue weighted by molar-refractivity contribution is 6.73. The Morgan fingerprint density at radius 1 is 0.366 bits per heavy atom. The van der Waals surface area contributed by atoms with Crippen LogP contribution in [0.3, 0.4) is 0 Å². The lowest BCUT2D eigenvalue weighted by Gasteiger charge is -2.45. The number of aryl methyl sites for hydroxylation is 2. The maximum absolute atomic E-state index is 4.31. The number of benzene rings is 7.